The molecule has 120 valence electrons. The summed E-state index contributed by atoms with van der Waals surface area (Å²) in [5.74, 6) is 0.269. The topological polar surface area (TPSA) is 99.9 Å². The van der Waals surface area contributed by atoms with E-state index < -0.39 is 10.0 Å². The predicted octanol–water partition coefficient (Wildman–Crippen LogP) is 0.0952. The molecule has 0 aromatic heterocycles. The lowest BCUT2D eigenvalue weighted by Crippen LogP contribution is -2.28. The Hall–Kier alpha value is -1.19. The number of ether oxygens (including phenoxy) is 3. The van der Waals surface area contributed by atoms with Crippen LogP contribution in [-0.2, 0) is 26.0 Å². The summed E-state index contributed by atoms with van der Waals surface area (Å²) in [4.78, 5) is 0.0825. The molecule has 3 N–H and O–H groups in total. The molecule has 0 radical (unpaired) electrons. The highest BCUT2D eigenvalue weighted by atomic mass is 32.2. The van der Waals surface area contributed by atoms with Crippen molar-refractivity contribution in [3.05, 3.63) is 23.8 Å². The van der Waals surface area contributed by atoms with E-state index >= 15 is 0 Å². The molecule has 0 unspecified atom stereocenters. The first-order valence-electron chi connectivity index (χ1n) is 6.48. The maximum Gasteiger partial charge on any atom is 0.244 e. The molecule has 1 aromatic rings. The van der Waals surface area contributed by atoms with E-state index in [1.807, 2.05) is 0 Å². The van der Waals surface area contributed by atoms with Crippen molar-refractivity contribution in [2.75, 3.05) is 40.6 Å². The maximum atomic E-state index is 12.2. The largest absolute Gasteiger partial charge is 0.495 e. The summed E-state index contributed by atoms with van der Waals surface area (Å²) in [5.41, 5.74) is 6.32. The molecule has 0 saturated heterocycles. The lowest BCUT2D eigenvalue weighted by atomic mass is 10.2. The average molecular weight is 318 g/mol. The van der Waals surface area contributed by atoms with Crippen LogP contribution in [0.3, 0.4) is 0 Å². The molecule has 0 aliphatic carbocycles. The summed E-state index contributed by atoms with van der Waals surface area (Å²) in [5, 5.41) is 0. The molecule has 21 heavy (non-hydrogen) atoms. The van der Waals surface area contributed by atoms with E-state index in [1.54, 1.807) is 19.2 Å². The third-order valence-corrected chi connectivity index (χ3v) is 4.22. The third kappa shape index (κ3) is 5.60. The summed E-state index contributed by atoms with van der Waals surface area (Å²) in [6.07, 6.45) is 0. The van der Waals surface area contributed by atoms with Gasteiger partial charge >= 0.3 is 0 Å². The van der Waals surface area contributed by atoms with E-state index in [9.17, 15) is 8.42 Å². The van der Waals surface area contributed by atoms with Crippen molar-refractivity contribution in [1.82, 2.24) is 4.72 Å². The van der Waals surface area contributed by atoms with E-state index in [0.717, 1.165) is 5.56 Å². The molecule has 0 aliphatic heterocycles. The fourth-order valence-corrected chi connectivity index (χ4v) is 2.79. The summed E-state index contributed by atoms with van der Waals surface area (Å²) >= 11 is 0. The molecule has 0 bridgehead atoms. The first kappa shape index (κ1) is 17.9. The fourth-order valence-electron chi connectivity index (χ4n) is 1.63. The van der Waals surface area contributed by atoms with Crippen LogP contribution in [0.2, 0.25) is 0 Å². The minimum atomic E-state index is -3.65. The monoisotopic (exact) mass is 318 g/mol. The molecule has 0 heterocycles. The molecule has 0 saturated carbocycles. The van der Waals surface area contributed by atoms with E-state index in [-0.39, 0.29) is 23.8 Å². The molecule has 1 rings (SSSR count). The second-order valence-corrected chi connectivity index (χ2v) is 5.93. The van der Waals surface area contributed by atoms with Gasteiger partial charge in [-0.25, -0.2) is 13.1 Å². The Labute approximate surface area is 125 Å². The Morgan fingerprint density at radius 3 is 2.57 bits per heavy atom. The zero-order valence-corrected chi connectivity index (χ0v) is 13.1. The second kappa shape index (κ2) is 8.96. The van der Waals surface area contributed by atoms with Crippen molar-refractivity contribution in [1.29, 1.82) is 0 Å². The standard InChI is InChI=1S/C13H22N2O5S/c1-18-7-8-20-6-5-15-21(16,17)13-4-3-11(10-14)9-12(13)19-2/h3-4,9,15H,5-8,10,14H2,1-2H3. The third-order valence-electron chi connectivity index (χ3n) is 2.72. The van der Waals surface area contributed by atoms with Crippen molar-refractivity contribution in [2.24, 2.45) is 5.73 Å². The van der Waals surface area contributed by atoms with E-state index in [2.05, 4.69) is 4.72 Å². The van der Waals surface area contributed by atoms with Crippen molar-refractivity contribution in [2.45, 2.75) is 11.4 Å². The van der Waals surface area contributed by atoms with Crippen LogP contribution >= 0.6 is 0 Å². The number of nitrogens with two attached hydrogens (primary N) is 1. The number of rotatable bonds is 10. The minimum absolute atomic E-state index is 0.0825. The fraction of sp³-hybridized carbons (Fsp3) is 0.538. The molecule has 8 heteroatoms. The van der Waals surface area contributed by atoms with Crippen LogP contribution in [0, 0.1) is 0 Å². The quantitative estimate of drug-likeness (QED) is 0.593. The lowest BCUT2D eigenvalue weighted by molar-refractivity contribution is 0.0736. The summed E-state index contributed by atoms with van der Waals surface area (Å²) in [7, 11) is -0.656. The highest BCUT2D eigenvalue weighted by molar-refractivity contribution is 7.89. The minimum Gasteiger partial charge on any atom is -0.495 e. The number of methoxy groups -OCH3 is 2. The Morgan fingerprint density at radius 1 is 1.19 bits per heavy atom. The van der Waals surface area contributed by atoms with Crippen LogP contribution in [0.5, 0.6) is 5.75 Å². The molecule has 0 atom stereocenters. The van der Waals surface area contributed by atoms with E-state index in [1.165, 1.54) is 13.2 Å². The van der Waals surface area contributed by atoms with Gasteiger partial charge in [-0.05, 0) is 17.7 Å². The smallest absolute Gasteiger partial charge is 0.244 e. The van der Waals surface area contributed by atoms with Gasteiger partial charge in [0, 0.05) is 20.2 Å². The number of hydrogen-bond donors (Lipinski definition) is 2. The molecule has 1 aromatic carbocycles. The Balaban J connectivity index is 2.65. The number of nitrogens with one attached hydrogen (secondary N) is 1. The van der Waals surface area contributed by atoms with Gasteiger partial charge < -0.3 is 19.9 Å². The number of hydrogen-bond acceptors (Lipinski definition) is 6. The second-order valence-electron chi connectivity index (χ2n) is 4.19. The average Bonchev–Trinajstić information content (AvgIpc) is 2.50. The van der Waals surface area contributed by atoms with Crippen LogP contribution in [-0.4, -0.2) is 49.0 Å². The molecular formula is C13H22N2O5S. The SMILES string of the molecule is COCCOCCNS(=O)(=O)c1ccc(CN)cc1OC. The van der Waals surface area contributed by atoms with Gasteiger partial charge in [-0.1, -0.05) is 6.07 Å². The summed E-state index contributed by atoms with van der Waals surface area (Å²) < 4.78 is 42.0. The first-order valence-corrected chi connectivity index (χ1v) is 7.96. The molecule has 7 nitrogen and oxygen atoms in total. The zero-order chi connectivity index (χ0) is 15.7. The lowest BCUT2D eigenvalue weighted by Gasteiger charge is -2.12. The molecule has 0 amide bonds. The van der Waals surface area contributed by atoms with Crippen LogP contribution < -0.4 is 15.2 Å². The van der Waals surface area contributed by atoms with Crippen LogP contribution in [0.1, 0.15) is 5.56 Å². The van der Waals surface area contributed by atoms with Gasteiger partial charge in [-0.2, -0.15) is 0 Å². The molecule has 0 fully saturated rings. The first-order chi connectivity index (χ1) is 10.0. The van der Waals surface area contributed by atoms with Crippen molar-refractivity contribution in [3.8, 4) is 5.75 Å². The van der Waals surface area contributed by atoms with Gasteiger partial charge in [0.1, 0.15) is 10.6 Å². The van der Waals surface area contributed by atoms with Crippen LogP contribution in [0.15, 0.2) is 23.1 Å². The Morgan fingerprint density at radius 2 is 1.95 bits per heavy atom. The molecule has 0 spiro atoms. The van der Waals surface area contributed by atoms with Gasteiger partial charge in [0.15, 0.2) is 0 Å². The van der Waals surface area contributed by atoms with Gasteiger partial charge in [0.05, 0.1) is 26.9 Å². The highest BCUT2D eigenvalue weighted by Crippen LogP contribution is 2.24. The predicted molar refractivity (Wildman–Crippen MR) is 78.8 cm³/mol. The normalized spacial score (nSPS) is 11.6. The Bertz CT molecular complexity index is 533. The molecule has 0 aliphatic rings. The van der Waals surface area contributed by atoms with Gasteiger partial charge in [0.2, 0.25) is 10.0 Å². The summed E-state index contributed by atoms with van der Waals surface area (Å²) in [6.45, 7) is 1.66. The maximum absolute atomic E-state index is 12.2. The Kier molecular flexibility index (Phi) is 7.62. The van der Waals surface area contributed by atoms with Crippen LogP contribution in [0.25, 0.3) is 0 Å². The van der Waals surface area contributed by atoms with Gasteiger partial charge in [0.25, 0.3) is 0 Å². The van der Waals surface area contributed by atoms with Crippen molar-refractivity contribution >= 4 is 10.0 Å². The van der Waals surface area contributed by atoms with Gasteiger partial charge in [-0.15, -0.1) is 0 Å². The van der Waals surface area contributed by atoms with Crippen molar-refractivity contribution < 1.29 is 22.6 Å². The summed E-state index contributed by atoms with van der Waals surface area (Å²) in [6, 6.07) is 4.75. The van der Waals surface area contributed by atoms with Crippen LogP contribution in [0.4, 0.5) is 0 Å². The molecular weight excluding hydrogens is 296 g/mol. The van der Waals surface area contributed by atoms with Crippen molar-refractivity contribution in [3.63, 3.8) is 0 Å². The van der Waals surface area contributed by atoms with Gasteiger partial charge in [-0.3, -0.25) is 0 Å². The van der Waals surface area contributed by atoms with E-state index in [4.69, 9.17) is 19.9 Å². The number of sulfonamides is 1. The van der Waals surface area contributed by atoms with E-state index in [0.29, 0.717) is 19.8 Å². The highest BCUT2D eigenvalue weighted by Gasteiger charge is 2.19. The number of benzene rings is 1. The zero-order valence-electron chi connectivity index (χ0n) is 12.3.